The van der Waals surface area contributed by atoms with Crippen molar-refractivity contribution in [1.29, 1.82) is 0 Å². The number of hydrogen-bond donors (Lipinski definition) is 2. The summed E-state index contributed by atoms with van der Waals surface area (Å²) in [5.74, 6) is 1.22. The minimum absolute atomic E-state index is 0.0329. The molecule has 4 bridgehead atoms. The lowest BCUT2D eigenvalue weighted by Crippen LogP contribution is -2.68. The molecule has 3 aromatic rings. The molecule has 5 fully saturated rings. The molecule has 1 unspecified atom stereocenters. The summed E-state index contributed by atoms with van der Waals surface area (Å²) in [6, 6.07) is 17.9. The fourth-order valence-corrected chi connectivity index (χ4v) is 9.15. The first-order valence-corrected chi connectivity index (χ1v) is 17.0. The van der Waals surface area contributed by atoms with Gasteiger partial charge in [-0.3, -0.25) is 4.79 Å². The number of nitrogens with zero attached hydrogens (tertiary/aromatic N) is 2. The molecule has 4 aliphatic carbocycles. The third kappa shape index (κ3) is 5.86. The summed E-state index contributed by atoms with van der Waals surface area (Å²) >= 11 is 6.61. The van der Waals surface area contributed by atoms with Crippen molar-refractivity contribution >= 4 is 23.7 Å². The lowest BCUT2D eigenvalue weighted by molar-refractivity contribution is -0.191. The van der Waals surface area contributed by atoms with E-state index in [0.717, 1.165) is 60.9 Å². The zero-order chi connectivity index (χ0) is 32.0. The van der Waals surface area contributed by atoms with E-state index < -0.39 is 17.8 Å². The van der Waals surface area contributed by atoms with E-state index in [0.29, 0.717) is 41.0 Å². The first kappa shape index (κ1) is 31.0. The number of hydrogen-bond acceptors (Lipinski definition) is 6. The zero-order valence-corrected chi connectivity index (χ0v) is 27.3. The average molecular weight is 644 g/mol. The van der Waals surface area contributed by atoms with Crippen LogP contribution in [0.25, 0.3) is 22.4 Å². The van der Waals surface area contributed by atoms with Crippen molar-refractivity contribution in [2.75, 3.05) is 20.2 Å². The van der Waals surface area contributed by atoms with Crippen molar-refractivity contribution in [3.05, 3.63) is 70.9 Å². The lowest BCUT2D eigenvalue weighted by atomic mass is 9.52. The highest BCUT2D eigenvalue weighted by atomic mass is 35.5. The molecule has 46 heavy (non-hydrogen) atoms. The average Bonchev–Trinajstić information content (AvgIpc) is 3.44. The van der Waals surface area contributed by atoms with E-state index in [2.05, 4.69) is 30.3 Å². The van der Waals surface area contributed by atoms with Gasteiger partial charge >= 0.3 is 6.16 Å². The van der Waals surface area contributed by atoms with Crippen LogP contribution in [0.3, 0.4) is 0 Å². The summed E-state index contributed by atoms with van der Waals surface area (Å²) in [6.07, 6.45) is 6.62. The van der Waals surface area contributed by atoms with Gasteiger partial charge in [0.25, 0.3) is 5.91 Å². The van der Waals surface area contributed by atoms with E-state index >= 15 is 0 Å². The summed E-state index contributed by atoms with van der Waals surface area (Å²) in [5.41, 5.74) is 3.33. The third-order valence-electron chi connectivity index (χ3n) is 11.1. The molecule has 1 aromatic heterocycles. The van der Waals surface area contributed by atoms with Gasteiger partial charge in [0.15, 0.2) is 5.72 Å². The molecule has 1 aliphatic heterocycles. The van der Waals surface area contributed by atoms with Crippen LogP contribution >= 0.6 is 11.6 Å². The van der Waals surface area contributed by atoms with Crippen molar-refractivity contribution in [3.8, 4) is 28.1 Å². The van der Waals surface area contributed by atoms with Gasteiger partial charge in [0, 0.05) is 29.0 Å². The molecule has 8 nitrogen and oxygen atoms in total. The number of carbonyl (C=O) groups excluding carboxylic acids is 1. The van der Waals surface area contributed by atoms with E-state index in [1.54, 1.807) is 6.07 Å². The van der Waals surface area contributed by atoms with Crippen LogP contribution in [0, 0.1) is 30.6 Å². The molecule has 1 saturated heterocycles. The largest absolute Gasteiger partial charge is 0.507 e. The Morgan fingerprint density at radius 2 is 1.76 bits per heavy atom. The molecule has 9 heteroatoms. The van der Waals surface area contributed by atoms with E-state index in [9.17, 15) is 14.7 Å². The molecule has 4 saturated carbocycles. The number of benzene rings is 2. The van der Waals surface area contributed by atoms with Gasteiger partial charge in [-0.05, 0) is 119 Å². The van der Waals surface area contributed by atoms with Gasteiger partial charge in [-0.1, -0.05) is 41.9 Å². The third-order valence-corrected chi connectivity index (χ3v) is 11.4. The van der Waals surface area contributed by atoms with Gasteiger partial charge in [-0.15, -0.1) is 0 Å². The van der Waals surface area contributed by atoms with Gasteiger partial charge in [0.2, 0.25) is 0 Å². The number of carboxylic acid groups (broad SMARTS) is 1. The molecule has 2 N–H and O–H groups in total. The number of amides is 1. The summed E-state index contributed by atoms with van der Waals surface area (Å²) in [5, 5.41) is 13.4. The minimum atomic E-state index is -1.36. The molecule has 1 atom stereocenters. The Balaban J connectivity index is 1.22. The van der Waals surface area contributed by atoms with E-state index in [-0.39, 0.29) is 17.5 Å². The van der Waals surface area contributed by atoms with Crippen LogP contribution in [0.2, 0.25) is 5.02 Å². The molecule has 0 radical (unpaired) electrons. The number of likely N-dealkylation sites (tertiary alicyclic amines) is 1. The summed E-state index contributed by atoms with van der Waals surface area (Å²) in [6.45, 7) is 3.72. The number of ether oxygens (including phenoxy) is 2. The number of carbonyl (C=O) groups is 2. The van der Waals surface area contributed by atoms with Crippen LogP contribution in [0.1, 0.15) is 67.4 Å². The highest BCUT2D eigenvalue weighted by molar-refractivity contribution is 6.32. The van der Waals surface area contributed by atoms with Gasteiger partial charge in [0.05, 0.1) is 17.3 Å². The first-order chi connectivity index (χ1) is 22.2. The van der Waals surface area contributed by atoms with E-state index in [1.165, 1.54) is 19.3 Å². The summed E-state index contributed by atoms with van der Waals surface area (Å²) in [4.78, 5) is 33.4. The fraction of sp³-hybridized carbons (Fsp3) is 0.486. The second-order valence-electron chi connectivity index (χ2n) is 13.9. The smallest absolute Gasteiger partial charge is 0.492 e. The van der Waals surface area contributed by atoms with E-state index in [4.69, 9.17) is 26.1 Å². The van der Waals surface area contributed by atoms with Crippen LogP contribution < -0.4 is 10.1 Å². The maximum atomic E-state index is 14.0. The maximum Gasteiger partial charge on any atom is 0.507 e. The number of aryl methyl sites for hydroxylation is 1. The van der Waals surface area contributed by atoms with Crippen LogP contribution in [0.15, 0.2) is 54.6 Å². The Morgan fingerprint density at radius 3 is 2.43 bits per heavy atom. The topological polar surface area (TPSA) is 101 Å². The predicted octanol–water partition coefficient (Wildman–Crippen LogP) is 7.82. The molecular weight excluding hydrogens is 602 g/mol. The number of pyridine rings is 1. The Hall–Kier alpha value is -3.62. The van der Waals surface area contributed by atoms with Crippen molar-refractivity contribution in [2.24, 2.45) is 23.7 Å². The quantitative estimate of drug-likeness (QED) is 0.181. The second kappa shape index (κ2) is 12.5. The SMILES string of the molecule is Cc1ccccc1-c1ccc(C(=O)NC2(OC(=O)O)C3CC4CC(C3)CC2C4)nc1-c1ccc(Cl)c(OCCC2CCCN2C)c1. The fourth-order valence-electron chi connectivity index (χ4n) is 8.97. The highest BCUT2D eigenvalue weighted by Crippen LogP contribution is 2.58. The molecule has 2 heterocycles. The van der Waals surface area contributed by atoms with Crippen molar-refractivity contribution in [3.63, 3.8) is 0 Å². The number of aromatic nitrogens is 1. The number of halogens is 1. The highest BCUT2D eigenvalue weighted by Gasteiger charge is 2.60. The Labute approximate surface area is 275 Å². The molecule has 242 valence electrons. The Morgan fingerprint density at radius 1 is 1.02 bits per heavy atom. The maximum absolute atomic E-state index is 14.0. The molecule has 1 amide bonds. The Bertz CT molecular complexity index is 1610. The predicted molar refractivity (Wildman–Crippen MR) is 177 cm³/mol. The van der Waals surface area contributed by atoms with E-state index in [1.807, 2.05) is 42.5 Å². The van der Waals surface area contributed by atoms with Crippen LogP contribution in [0.5, 0.6) is 5.75 Å². The molecular formula is C37H42ClN3O5. The standard InChI is InChI=1S/C37H42ClN3O5/c1-22-6-3-4-8-29(22)30-10-12-32(35(42)40-37(46-36(43)44)26-17-23-16-24(19-26)20-27(37)18-23)39-34(30)25-9-11-31(38)33(21-25)45-15-13-28-7-5-14-41(28)2/h3-4,6,8-12,21,23-24,26-28H,5,7,13-20H2,1-2H3,(H,40,42)(H,43,44). The van der Waals surface area contributed by atoms with Crippen molar-refractivity contribution in [2.45, 2.75) is 70.1 Å². The molecule has 8 rings (SSSR count). The molecule has 5 aliphatic rings. The zero-order valence-electron chi connectivity index (χ0n) is 26.5. The van der Waals surface area contributed by atoms with Crippen molar-refractivity contribution in [1.82, 2.24) is 15.2 Å². The van der Waals surface area contributed by atoms with Crippen LogP contribution in [-0.2, 0) is 4.74 Å². The monoisotopic (exact) mass is 643 g/mol. The lowest BCUT2D eigenvalue weighted by Gasteiger charge is -2.59. The Kier molecular flexibility index (Phi) is 8.45. The van der Waals surface area contributed by atoms with Gasteiger partial charge in [-0.2, -0.15) is 0 Å². The number of nitrogens with one attached hydrogen (secondary N) is 1. The van der Waals surface area contributed by atoms with Gasteiger partial charge in [0.1, 0.15) is 11.4 Å². The number of rotatable bonds is 9. The van der Waals surface area contributed by atoms with Crippen LogP contribution in [0.4, 0.5) is 4.79 Å². The normalized spacial score (nSPS) is 28.3. The van der Waals surface area contributed by atoms with Crippen molar-refractivity contribution < 1.29 is 24.2 Å². The summed E-state index contributed by atoms with van der Waals surface area (Å²) < 4.78 is 11.9. The van der Waals surface area contributed by atoms with Gasteiger partial charge in [-0.25, -0.2) is 9.78 Å². The first-order valence-electron chi connectivity index (χ1n) is 16.6. The second-order valence-corrected chi connectivity index (χ2v) is 14.3. The summed E-state index contributed by atoms with van der Waals surface area (Å²) in [7, 11) is 2.16. The molecule has 0 spiro atoms. The minimum Gasteiger partial charge on any atom is -0.492 e. The van der Waals surface area contributed by atoms with Crippen LogP contribution in [-0.4, -0.2) is 59.0 Å². The van der Waals surface area contributed by atoms with Gasteiger partial charge < -0.3 is 24.8 Å². The molecule has 2 aromatic carbocycles.